The second kappa shape index (κ2) is 4.74. The van der Waals surface area contributed by atoms with E-state index in [2.05, 4.69) is 11.0 Å². The first-order valence-electron chi connectivity index (χ1n) is 6.15. The van der Waals surface area contributed by atoms with Crippen LogP contribution in [0.25, 0.3) is 5.69 Å². The standard InChI is InChI=1S/C14H16N2O2/c17-13-5-2-1-4-12(13)16-7-3-6-14(16)15-8-10-18-11-9-15/h1-7,17H,8-11H2. The molecule has 0 bridgehead atoms. The number of anilines is 1. The van der Waals surface area contributed by atoms with E-state index in [1.165, 1.54) is 0 Å². The zero-order chi connectivity index (χ0) is 12.4. The van der Waals surface area contributed by atoms with Crippen molar-refractivity contribution in [2.24, 2.45) is 0 Å². The van der Waals surface area contributed by atoms with Crippen molar-refractivity contribution >= 4 is 5.82 Å². The van der Waals surface area contributed by atoms with Crippen LogP contribution in [0.15, 0.2) is 42.6 Å². The number of aromatic nitrogens is 1. The van der Waals surface area contributed by atoms with Crippen LogP contribution >= 0.6 is 0 Å². The van der Waals surface area contributed by atoms with E-state index in [4.69, 9.17) is 4.74 Å². The lowest BCUT2D eigenvalue weighted by molar-refractivity contribution is 0.122. The minimum Gasteiger partial charge on any atom is -0.506 e. The summed E-state index contributed by atoms with van der Waals surface area (Å²) in [6.07, 6.45) is 1.97. The smallest absolute Gasteiger partial charge is 0.139 e. The Kier molecular flexibility index (Phi) is 2.94. The first-order valence-corrected chi connectivity index (χ1v) is 6.15. The van der Waals surface area contributed by atoms with Crippen molar-refractivity contribution in [1.29, 1.82) is 0 Å². The summed E-state index contributed by atoms with van der Waals surface area (Å²) in [7, 11) is 0. The molecule has 2 aromatic rings. The van der Waals surface area contributed by atoms with Gasteiger partial charge in [0.2, 0.25) is 0 Å². The molecule has 2 heterocycles. The minimum absolute atomic E-state index is 0.295. The number of benzene rings is 1. The van der Waals surface area contributed by atoms with Crippen molar-refractivity contribution in [3.63, 3.8) is 0 Å². The molecule has 0 spiro atoms. The molecule has 94 valence electrons. The molecule has 1 fully saturated rings. The average molecular weight is 244 g/mol. The Balaban J connectivity index is 1.98. The van der Waals surface area contributed by atoms with Gasteiger partial charge < -0.3 is 14.7 Å². The van der Waals surface area contributed by atoms with Crippen molar-refractivity contribution in [3.8, 4) is 11.4 Å². The molecular formula is C14H16N2O2. The van der Waals surface area contributed by atoms with Crippen LogP contribution in [0.5, 0.6) is 5.75 Å². The molecule has 0 aliphatic carbocycles. The molecule has 18 heavy (non-hydrogen) atoms. The van der Waals surface area contributed by atoms with E-state index in [1.807, 2.05) is 35.0 Å². The zero-order valence-electron chi connectivity index (χ0n) is 10.1. The van der Waals surface area contributed by atoms with E-state index in [9.17, 15) is 5.11 Å². The molecule has 1 aliphatic rings. The Morgan fingerprint density at radius 1 is 1.00 bits per heavy atom. The van der Waals surface area contributed by atoms with Gasteiger partial charge in [0.05, 0.1) is 18.9 Å². The van der Waals surface area contributed by atoms with E-state index in [0.29, 0.717) is 5.75 Å². The maximum Gasteiger partial charge on any atom is 0.139 e. The van der Waals surface area contributed by atoms with Crippen LogP contribution in [0.4, 0.5) is 5.82 Å². The Hall–Kier alpha value is -1.94. The molecule has 4 heteroatoms. The molecule has 1 saturated heterocycles. The van der Waals surface area contributed by atoms with Crippen molar-refractivity contribution in [3.05, 3.63) is 42.6 Å². The molecule has 4 nitrogen and oxygen atoms in total. The monoisotopic (exact) mass is 244 g/mol. The second-order valence-corrected chi connectivity index (χ2v) is 4.32. The van der Waals surface area contributed by atoms with Crippen molar-refractivity contribution < 1.29 is 9.84 Å². The second-order valence-electron chi connectivity index (χ2n) is 4.32. The fraction of sp³-hybridized carbons (Fsp3) is 0.286. The van der Waals surface area contributed by atoms with Crippen molar-refractivity contribution in [1.82, 2.24) is 4.57 Å². The first-order chi connectivity index (χ1) is 8.86. The lowest BCUT2D eigenvalue weighted by Gasteiger charge is -2.29. The number of hydrogen-bond donors (Lipinski definition) is 1. The summed E-state index contributed by atoms with van der Waals surface area (Å²) < 4.78 is 7.38. The third-order valence-electron chi connectivity index (χ3n) is 3.20. The summed E-state index contributed by atoms with van der Waals surface area (Å²) in [5.41, 5.74) is 0.809. The highest BCUT2D eigenvalue weighted by Crippen LogP contribution is 2.27. The van der Waals surface area contributed by atoms with Crippen LogP contribution < -0.4 is 4.90 Å². The molecule has 0 atom stereocenters. The molecule has 1 N–H and O–H groups in total. The van der Waals surface area contributed by atoms with E-state index in [-0.39, 0.29) is 0 Å². The van der Waals surface area contributed by atoms with Gasteiger partial charge >= 0.3 is 0 Å². The number of hydrogen-bond acceptors (Lipinski definition) is 3. The summed E-state index contributed by atoms with van der Waals surface area (Å²) in [6, 6.07) is 11.4. The Labute approximate surface area is 106 Å². The topological polar surface area (TPSA) is 37.6 Å². The fourth-order valence-corrected chi connectivity index (χ4v) is 2.29. The van der Waals surface area contributed by atoms with Crippen LogP contribution in [0, 0.1) is 0 Å². The van der Waals surface area contributed by atoms with E-state index >= 15 is 0 Å². The van der Waals surface area contributed by atoms with Crippen LogP contribution in [-0.4, -0.2) is 36.0 Å². The number of para-hydroxylation sites is 2. The highest BCUT2D eigenvalue weighted by molar-refractivity contribution is 5.54. The summed E-state index contributed by atoms with van der Waals surface area (Å²) in [5.74, 6) is 1.39. The fourth-order valence-electron chi connectivity index (χ4n) is 2.29. The number of nitrogens with zero attached hydrogens (tertiary/aromatic N) is 2. The maximum absolute atomic E-state index is 9.94. The third kappa shape index (κ3) is 1.95. The van der Waals surface area contributed by atoms with Crippen molar-refractivity contribution in [2.75, 3.05) is 31.2 Å². The van der Waals surface area contributed by atoms with Gasteiger partial charge in [0, 0.05) is 19.3 Å². The van der Waals surface area contributed by atoms with Gasteiger partial charge in [-0.15, -0.1) is 0 Å². The zero-order valence-corrected chi connectivity index (χ0v) is 10.1. The number of aromatic hydroxyl groups is 1. The first kappa shape index (κ1) is 11.2. The van der Waals surface area contributed by atoms with Crippen LogP contribution in [-0.2, 0) is 4.74 Å². The summed E-state index contributed by atoms with van der Waals surface area (Å²) in [5, 5.41) is 9.94. The van der Waals surface area contributed by atoms with Gasteiger partial charge in [-0.25, -0.2) is 0 Å². The Morgan fingerprint density at radius 2 is 1.78 bits per heavy atom. The number of ether oxygens (including phenoxy) is 1. The third-order valence-corrected chi connectivity index (χ3v) is 3.20. The highest BCUT2D eigenvalue weighted by Gasteiger charge is 2.16. The van der Waals surface area contributed by atoms with Gasteiger partial charge in [-0.2, -0.15) is 0 Å². The largest absolute Gasteiger partial charge is 0.506 e. The van der Waals surface area contributed by atoms with Crippen LogP contribution in [0.2, 0.25) is 0 Å². The molecule has 0 radical (unpaired) electrons. The summed E-state index contributed by atoms with van der Waals surface area (Å²) in [6.45, 7) is 3.28. The van der Waals surface area contributed by atoms with E-state index in [0.717, 1.165) is 37.8 Å². The van der Waals surface area contributed by atoms with Gasteiger partial charge in [0.15, 0.2) is 0 Å². The average Bonchev–Trinajstić information content (AvgIpc) is 2.89. The highest BCUT2D eigenvalue weighted by atomic mass is 16.5. The summed E-state index contributed by atoms with van der Waals surface area (Å²) >= 11 is 0. The molecule has 0 saturated carbocycles. The normalized spacial score (nSPS) is 15.9. The Morgan fingerprint density at radius 3 is 2.56 bits per heavy atom. The van der Waals surface area contributed by atoms with Crippen molar-refractivity contribution in [2.45, 2.75) is 0 Å². The molecular weight excluding hydrogens is 228 g/mol. The SMILES string of the molecule is Oc1ccccc1-n1cccc1N1CCOCC1. The number of phenols is 1. The van der Waals surface area contributed by atoms with Gasteiger partial charge in [-0.1, -0.05) is 12.1 Å². The molecule has 1 aromatic carbocycles. The minimum atomic E-state index is 0.295. The lowest BCUT2D eigenvalue weighted by atomic mass is 10.3. The van der Waals surface area contributed by atoms with Gasteiger partial charge in [0.1, 0.15) is 11.6 Å². The van der Waals surface area contributed by atoms with Crippen LogP contribution in [0.3, 0.4) is 0 Å². The quantitative estimate of drug-likeness (QED) is 0.878. The van der Waals surface area contributed by atoms with Gasteiger partial charge in [0.25, 0.3) is 0 Å². The number of rotatable bonds is 2. The number of morpholine rings is 1. The molecule has 0 amide bonds. The molecule has 1 aromatic heterocycles. The van der Waals surface area contributed by atoms with Crippen LogP contribution in [0.1, 0.15) is 0 Å². The Bertz CT molecular complexity index is 530. The predicted molar refractivity (Wildman–Crippen MR) is 70.5 cm³/mol. The number of phenolic OH excluding ortho intramolecular Hbond substituents is 1. The summed E-state index contributed by atoms with van der Waals surface area (Å²) in [4.78, 5) is 2.27. The van der Waals surface area contributed by atoms with Gasteiger partial charge in [-0.3, -0.25) is 4.57 Å². The predicted octanol–water partition coefficient (Wildman–Crippen LogP) is 2.02. The molecule has 3 rings (SSSR count). The molecule has 0 unspecified atom stereocenters. The molecule has 1 aliphatic heterocycles. The maximum atomic E-state index is 9.94. The van der Waals surface area contributed by atoms with Gasteiger partial charge in [-0.05, 0) is 24.3 Å². The van der Waals surface area contributed by atoms with E-state index < -0.39 is 0 Å². The van der Waals surface area contributed by atoms with E-state index in [1.54, 1.807) is 6.07 Å². The lowest BCUT2D eigenvalue weighted by Crippen LogP contribution is -2.37.